The predicted molar refractivity (Wildman–Crippen MR) is 86.6 cm³/mol. The summed E-state index contributed by atoms with van der Waals surface area (Å²) in [5.41, 5.74) is 0.210. The molecular weight excluding hydrogens is 324 g/mol. The van der Waals surface area contributed by atoms with Gasteiger partial charge in [0.15, 0.2) is 0 Å². The van der Waals surface area contributed by atoms with E-state index in [1.54, 1.807) is 17.0 Å². The van der Waals surface area contributed by atoms with Gasteiger partial charge in [0.05, 0.1) is 14.9 Å². The number of amides is 1. The first-order chi connectivity index (χ1) is 10.5. The Morgan fingerprint density at radius 3 is 2.68 bits per heavy atom. The van der Waals surface area contributed by atoms with E-state index in [1.165, 1.54) is 11.3 Å². The van der Waals surface area contributed by atoms with Crippen molar-refractivity contribution in [2.24, 2.45) is 0 Å². The molecule has 0 unspecified atom stereocenters. The molecule has 1 saturated heterocycles. The van der Waals surface area contributed by atoms with Crippen molar-refractivity contribution in [3.05, 3.63) is 38.7 Å². The van der Waals surface area contributed by atoms with Crippen LogP contribution in [-0.2, 0) is 0 Å². The number of aromatic nitrogens is 2. The molecule has 8 heteroatoms. The molecule has 2 aromatic heterocycles. The average molecular weight is 339 g/mol. The summed E-state index contributed by atoms with van der Waals surface area (Å²) in [5.74, 6) is -0.205. The third-order valence-corrected chi connectivity index (χ3v) is 4.86. The van der Waals surface area contributed by atoms with Crippen LogP contribution in [0.15, 0.2) is 23.0 Å². The first-order valence-corrected chi connectivity index (χ1v) is 8.07. The van der Waals surface area contributed by atoms with Crippen LogP contribution < -0.4 is 5.69 Å². The van der Waals surface area contributed by atoms with E-state index in [0.29, 0.717) is 23.1 Å². The molecule has 1 aliphatic rings. The van der Waals surface area contributed by atoms with Crippen molar-refractivity contribution in [2.75, 3.05) is 33.2 Å². The molecule has 0 radical (unpaired) electrons. The Kier molecular flexibility index (Phi) is 4.28. The number of H-pyrrole nitrogens is 1. The van der Waals surface area contributed by atoms with Crippen LogP contribution in [0.25, 0.3) is 10.6 Å². The van der Waals surface area contributed by atoms with Crippen molar-refractivity contribution in [1.82, 2.24) is 19.8 Å². The van der Waals surface area contributed by atoms with Crippen LogP contribution in [0.4, 0.5) is 0 Å². The topological polar surface area (TPSA) is 69.3 Å². The Labute approximate surface area is 136 Å². The molecule has 0 spiro atoms. The number of halogens is 1. The summed E-state index contributed by atoms with van der Waals surface area (Å²) >= 11 is 7.26. The Balaban J connectivity index is 1.89. The van der Waals surface area contributed by atoms with E-state index in [1.807, 2.05) is 13.1 Å². The smallest absolute Gasteiger partial charge is 0.335 e. The largest absolute Gasteiger partial charge is 0.346 e. The van der Waals surface area contributed by atoms with Gasteiger partial charge >= 0.3 is 5.69 Å². The maximum atomic E-state index is 12.5. The SMILES string of the molecule is CN1CCN(C(=O)c2cc(-c3ccc(Cl)s3)[nH]c(=O)n2)CC1. The molecular formula is C14H15ClN4O2S. The molecule has 2 aromatic rings. The highest BCUT2D eigenvalue weighted by Gasteiger charge is 2.22. The number of hydrogen-bond acceptors (Lipinski definition) is 5. The predicted octanol–water partition coefficient (Wildman–Crippen LogP) is 1.54. The molecule has 0 bridgehead atoms. The second-order valence-corrected chi connectivity index (χ2v) is 6.90. The van der Waals surface area contributed by atoms with Gasteiger partial charge < -0.3 is 14.8 Å². The number of likely N-dealkylation sites (N-methyl/N-ethyl adjacent to an activating group) is 1. The Morgan fingerprint density at radius 2 is 2.05 bits per heavy atom. The van der Waals surface area contributed by atoms with Gasteiger partial charge in [-0.1, -0.05) is 11.6 Å². The molecule has 22 heavy (non-hydrogen) atoms. The third kappa shape index (κ3) is 3.21. The van der Waals surface area contributed by atoms with Gasteiger partial charge in [-0.15, -0.1) is 11.3 Å². The zero-order chi connectivity index (χ0) is 15.7. The fourth-order valence-corrected chi connectivity index (χ4v) is 3.35. The maximum Gasteiger partial charge on any atom is 0.346 e. The van der Waals surface area contributed by atoms with Crippen molar-refractivity contribution in [1.29, 1.82) is 0 Å². The van der Waals surface area contributed by atoms with E-state index in [4.69, 9.17) is 11.6 Å². The lowest BCUT2D eigenvalue weighted by Crippen LogP contribution is -2.47. The molecule has 1 aliphatic heterocycles. The summed E-state index contributed by atoms with van der Waals surface area (Å²) in [6.07, 6.45) is 0. The zero-order valence-corrected chi connectivity index (χ0v) is 13.6. The molecule has 3 rings (SSSR count). The molecule has 0 aliphatic carbocycles. The number of piperazine rings is 1. The number of thiophene rings is 1. The highest BCUT2D eigenvalue weighted by Crippen LogP contribution is 2.29. The van der Waals surface area contributed by atoms with Crippen LogP contribution in [0.5, 0.6) is 0 Å². The van der Waals surface area contributed by atoms with E-state index in [2.05, 4.69) is 14.9 Å². The zero-order valence-electron chi connectivity index (χ0n) is 12.0. The Hall–Kier alpha value is -1.70. The minimum Gasteiger partial charge on any atom is -0.335 e. The lowest BCUT2D eigenvalue weighted by atomic mass is 10.2. The summed E-state index contributed by atoms with van der Waals surface area (Å²) in [6, 6.07) is 5.18. The number of hydrogen-bond donors (Lipinski definition) is 1. The molecule has 1 fully saturated rings. The minimum atomic E-state index is -0.528. The minimum absolute atomic E-state index is 0.174. The summed E-state index contributed by atoms with van der Waals surface area (Å²) < 4.78 is 0.625. The van der Waals surface area contributed by atoms with Crippen LogP contribution >= 0.6 is 22.9 Å². The lowest BCUT2D eigenvalue weighted by Gasteiger charge is -2.32. The number of carbonyl (C=O) groups excluding carboxylic acids is 1. The van der Waals surface area contributed by atoms with Crippen LogP contribution in [0, 0.1) is 0 Å². The monoisotopic (exact) mass is 338 g/mol. The van der Waals surface area contributed by atoms with Gasteiger partial charge in [0.2, 0.25) is 0 Å². The fraction of sp³-hybridized carbons (Fsp3) is 0.357. The van der Waals surface area contributed by atoms with E-state index < -0.39 is 5.69 Å². The maximum absolute atomic E-state index is 12.5. The highest BCUT2D eigenvalue weighted by atomic mass is 35.5. The summed E-state index contributed by atoms with van der Waals surface area (Å²) in [4.78, 5) is 35.4. The van der Waals surface area contributed by atoms with Crippen molar-refractivity contribution in [3.8, 4) is 10.6 Å². The van der Waals surface area contributed by atoms with E-state index in [-0.39, 0.29) is 11.6 Å². The standard InChI is InChI=1S/C14H15ClN4O2S/c1-18-4-6-19(7-5-18)13(20)10-8-9(16-14(21)17-10)11-2-3-12(15)22-11/h2-3,8H,4-7H2,1H3,(H,16,17,21). The average Bonchev–Trinajstić information content (AvgIpc) is 2.93. The molecule has 0 saturated carbocycles. The highest BCUT2D eigenvalue weighted by molar-refractivity contribution is 7.19. The number of rotatable bonds is 2. The van der Waals surface area contributed by atoms with E-state index in [9.17, 15) is 9.59 Å². The first kappa shape index (κ1) is 15.2. The van der Waals surface area contributed by atoms with Crippen LogP contribution in [0.3, 0.4) is 0 Å². The Morgan fingerprint density at radius 1 is 1.32 bits per heavy atom. The molecule has 1 N–H and O–H groups in total. The van der Waals surface area contributed by atoms with Gasteiger partial charge in [-0.05, 0) is 25.2 Å². The van der Waals surface area contributed by atoms with Crippen LogP contribution in [0.1, 0.15) is 10.5 Å². The quantitative estimate of drug-likeness (QED) is 0.901. The summed E-state index contributed by atoms with van der Waals surface area (Å²) in [5, 5.41) is 0. The van der Waals surface area contributed by atoms with Crippen LogP contribution in [0.2, 0.25) is 4.34 Å². The molecule has 0 atom stereocenters. The van der Waals surface area contributed by atoms with Crippen molar-refractivity contribution >= 4 is 28.8 Å². The van der Waals surface area contributed by atoms with Gasteiger partial charge in [0, 0.05) is 26.2 Å². The number of nitrogens with one attached hydrogen (secondary N) is 1. The van der Waals surface area contributed by atoms with Gasteiger partial charge in [0.1, 0.15) is 5.69 Å². The first-order valence-electron chi connectivity index (χ1n) is 6.88. The molecule has 0 aromatic carbocycles. The van der Waals surface area contributed by atoms with Crippen molar-refractivity contribution in [3.63, 3.8) is 0 Å². The van der Waals surface area contributed by atoms with E-state index >= 15 is 0 Å². The summed E-state index contributed by atoms with van der Waals surface area (Å²) in [7, 11) is 2.02. The number of aromatic amines is 1. The van der Waals surface area contributed by atoms with Crippen molar-refractivity contribution < 1.29 is 4.79 Å². The van der Waals surface area contributed by atoms with E-state index in [0.717, 1.165) is 18.0 Å². The molecule has 116 valence electrons. The third-order valence-electron chi connectivity index (χ3n) is 3.59. The van der Waals surface area contributed by atoms with Crippen LogP contribution in [-0.4, -0.2) is 58.9 Å². The summed E-state index contributed by atoms with van der Waals surface area (Å²) in [6.45, 7) is 2.93. The Bertz CT molecular complexity index is 749. The normalized spacial score (nSPS) is 16.0. The molecule has 6 nitrogen and oxygen atoms in total. The van der Waals surface area contributed by atoms with Crippen molar-refractivity contribution in [2.45, 2.75) is 0 Å². The number of carbonyl (C=O) groups is 1. The second kappa shape index (κ2) is 6.20. The lowest BCUT2D eigenvalue weighted by molar-refractivity contribution is 0.0657. The second-order valence-electron chi connectivity index (χ2n) is 5.18. The molecule has 1 amide bonds. The fourth-order valence-electron chi connectivity index (χ4n) is 2.33. The van der Waals surface area contributed by atoms with Gasteiger partial charge in [0.25, 0.3) is 5.91 Å². The van der Waals surface area contributed by atoms with Gasteiger partial charge in [-0.2, -0.15) is 4.98 Å². The van der Waals surface area contributed by atoms with Gasteiger partial charge in [-0.3, -0.25) is 4.79 Å². The van der Waals surface area contributed by atoms with Gasteiger partial charge in [-0.25, -0.2) is 4.79 Å². The number of nitrogens with zero attached hydrogens (tertiary/aromatic N) is 3. The molecule has 3 heterocycles.